The maximum Gasteiger partial charge on any atom is 0.262 e. The van der Waals surface area contributed by atoms with Crippen LogP contribution < -0.4 is 19.1 Å². The molecule has 1 amide bonds. The summed E-state index contributed by atoms with van der Waals surface area (Å²) in [6.45, 7) is 0.588. The van der Waals surface area contributed by atoms with Gasteiger partial charge >= 0.3 is 0 Å². The van der Waals surface area contributed by atoms with E-state index in [1.54, 1.807) is 30.3 Å². The summed E-state index contributed by atoms with van der Waals surface area (Å²) in [6.07, 6.45) is 3.71. The van der Waals surface area contributed by atoms with Gasteiger partial charge < -0.3 is 14.8 Å². The minimum atomic E-state index is -3.76. The number of benzene rings is 2. The van der Waals surface area contributed by atoms with Crippen molar-refractivity contribution in [3.63, 3.8) is 0 Å². The van der Waals surface area contributed by atoms with Crippen LogP contribution in [0, 0.1) is 0 Å². The van der Waals surface area contributed by atoms with Gasteiger partial charge in [0.1, 0.15) is 16.4 Å². The zero-order valence-corrected chi connectivity index (χ0v) is 21.0. The van der Waals surface area contributed by atoms with Crippen molar-refractivity contribution >= 4 is 37.3 Å². The van der Waals surface area contributed by atoms with Crippen molar-refractivity contribution in [1.29, 1.82) is 0 Å². The van der Waals surface area contributed by atoms with Gasteiger partial charge in [0.05, 0.1) is 19.1 Å². The standard InChI is InChI=1S/C22H29N3O7S2/c1-24(33(3,27)28)18-8-10-19(11-9-18)32-16-22(26)23-17-7-12-20(31-2)21(15-17)34(29,30)25-13-5-4-6-14-25/h7-12,15H,4-6,13-14,16H2,1-3H3,(H,23,26). The van der Waals surface area contributed by atoms with Crippen LogP contribution in [0.1, 0.15) is 19.3 Å². The highest BCUT2D eigenvalue weighted by atomic mass is 32.2. The molecule has 1 fully saturated rings. The van der Waals surface area contributed by atoms with E-state index in [2.05, 4.69) is 5.32 Å². The van der Waals surface area contributed by atoms with E-state index in [1.165, 1.54) is 30.6 Å². The Balaban J connectivity index is 1.66. The molecule has 12 heteroatoms. The van der Waals surface area contributed by atoms with Crippen LogP contribution >= 0.6 is 0 Å². The molecule has 1 heterocycles. The number of hydrogen-bond donors (Lipinski definition) is 1. The Bertz CT molecular complexity index is 1220. The number of nitrogens with one attached hydrogen (secondary N) is 1. The summed E-state index contributed by atoms with van der Waals surface area (Å²) in [5, 5.41) is 2.64. The molecule has 0 bridgehead atoms. The van der Waals surface area contributed by atoms with Crippen LogP contribution in [0.2, 0.25) is 0 Å². The van der Waals surface area contributed by atoms with E-state index in [-0.39, 0.29) is 17.3 Å². The van der Waals surface area contributed by atoms with E-state index in [0.29, 0.717) is 30.2 Å². The van der Waals surface area contributed by atoms with E-state index in [1.807, 2.05) is 0 Å². The highest BCUT2D eigenvalue weighted by molar-refractivity contribution is 7.92. The molecule has 1 N–H and O–H groups in total. The Kier molecular flexibility index (Phi) is 8.05. The number of piperidine rings is 1. The highest BCUT2D eigenvalue weighted by Crippen LogP contribution is 2.31. The van der Waals surface area contributed by atoms with Crippen molar-refractivity contribution < 1.29 is 31.1 Å². The van der Waals surface area contributed by atoms with Crippen molar-refractivity contribution in [2.75, 3.05) is 49.7 Å². The molecular weight excluding hydrogens is 482 g/mol. The second-order valence-corrected chi connectivity index (χ2v) is 11.8. The average Bonchev–Trinajstić information content (AvgIpc) is 2.82. The summed E-state index contributed by atoms with van der Waals surface area (Å²) in [5.41, 5.74) is 0.759. The molecule has 10 nitrogen and oxygen atoms in total. The molecule has 0 saturated carbocycles. The van der Waals surface area contributed by atoms with Gasteiger partial charge in [-0.25, -0.2) is 16.8 Å². The fourth-order valence-corrected chi connectivity index (χ4v) is 5.69. The van der Waals surface area contributed by atoms with Crippen LogP contribution in [-0.2, 0) is 24.8 Å². The van der Waals surface area contributed by atoms with Crippen molar-refractivity contribution in [3.05, 3.63) is 42.5 Å². The molecule has 186 valence electrons. The molecule has 34 heavy (non-hydrogen) atoms. The number of methoxy groups -OCH3 is 1. The molecule has 2 aromatic rings. The molecule has 3 rings (SSSR count). The molecule has 1 aliphatic heterocycles. The van der Waals surface area contributed by atoms with E-state index in [4.69, 9.17) is 9.47 Å². The first-order valence-electron chi connectivity index (χ1n) is 10.7. The van der Waals surface area contributed by atoms with Gasteiger partial charge in [-0.2, -0.15) is 4.31 Å². The molecule has 0 aliphatic carbocycles. The molecule has 0 atom stereocenters. The Morgan fingerprint density at radius 1 is 1.03 bits per heavy atom. The van der Waals surface area contributed by atoms with Crippen LogP contribution in [0.25, 0.3) is 0 Å². The lowest BCUT2D eigenvalue weighted by Crippen LogP contribution is -2.35. The summed E-state index contributed by atoms with van der Waals surface area (Å²) in [7, 11) is -4.31. The molecule has 1 saturated heterocycles. The fourth-order valence-electron chi connectivity index (χ4n) is 3.49. The van der Waals surface area contributed by atoms with E-state index >= 15 is 0 Å². The smallest absolute Gasteiger partial charge is 0.262 e. The van der Waals surface area contributed by atoms with Crippen molar-refractivity contribution in [3.8, 4) is 11.5 Å². The van der Waals surface area contributed by atoms with Crippen LogP contribution in [0.3, 0.4) is 0 Å². The number of hydrogen-bond acceptors (Lipinski definition) is 7. The summed E-state index contributed by atoms with van der Waals surface area (Å²) < 4.78 is 62.8. The Morgan fingerprint density at radius 3 is 2.26 bits per heavy atom. The van der Waals surface area contributed by atoms with Crippen LogP contribution in [0.4, 0.5) is 11.4 Å². The molecule has 1 aliphatic rings. The third kappa shape index (κ3) is 6.19. The monoisotopic (exact) mass is 511 g/mol. The molecule has 2 aromatic carbocycles. The molecule has 0 radical (unpaired) electrons. The number of carbonyl (C=O) groups excluding carboxylic acids is 1. The van der Waals surface area contributed by atoms with Crippen LogP contribution in [-0.4, -0.2) is 67.2 Å². The van der Waals surface area contributed by atoms with Gasteiger partial charge in [-0.15, -0.1) is 0 Å². The number of nitrogens with zero attached hydrogens (tertiary/aromatic N) is 2. The number of anilines is 2. The zero-order valence-electron chi connectivity index (χ0n) is 19.4. The minimum absolute atomic E-state index is 0.00111. The van der Waals surface area contributed by atoms with E-state index in [9.17, 15) is 21.6 Å². The summed E-state index contributed by atoms with van der Waals surface area (Å²) >= 11 is 0. The Morgan fingerprint density at radius 2 is 1.68 bits per heavy atom. The first kappa shape index (κ1) is 25.8. The van der Waals surface area contributed by atoms with Gasteiger partial charge in [-0.3, -0.25) is 9.10 Å². The lowest BCUT2D eigenvalue weighted by molar-refractivity contribution is -0.118. The lowest BCUT2D eigenvalue weighted by Gasteiger charge is -2.26. The number of rotatable bonds is 9. The van der Waals surface area contributed by atoms with Crippen LogP contribution in [0.15, 0.2) is 47.4 Å². The minimum Gasteiger partial charge on any atom is -0.495 e. The number of carbonyl (C=O) groups is 1. The summed E-state index contributed by atoms with van der Waals surface area (Å²) in [5.74, 6) is 0.103. The zero-order chi connectivity index (χ0) is 24.9. The largest absolute Gasteiger partial charge is 0.495 e. The van der Waals surface area contributed by atoms with Gasteiger partial charge in [0.15, 0.2) is 6.61 Å². The maximum absolute atomic E-state index is 13.1. The molecule has 0 aromatic heterocycles. The maximum atomic E-state index is 13.1. The first-order valence-corrected chi connectivity index (χ1v) is 14.0. The average molecular weight is 512 g/mol. The van der Waals surface area contributed by atoms with Crippen molar-refractivity contribution in [2.24, 2.45) is 0 Å². The topological polar surface area (TPSA) is 122 Å². The van der Waals surface area contributed by atoms with Gasteiger partial charge in [0.2, 0.25) is 20.0 Å². The first-order chi connectivity index (χ1) is 16.0. The predicted molar refractivity (Wildman–Crippen MR) is 129 cm³/mol. The fraction of sp³-hybridized carbons (Fsp3) is 0.409. The van der Waals surface area contributed by atoms with E-state index in [0.717, 1.165) is 29.8 Å². The predicted octanol–water partition coefficient (Wildman–Crippen LogP) is 2.28. The van der Waals surface area contributed by atoms with Gasteiger partial charge in [0.25, 0.3) is 5.91 Å². The molecule has 0 unspecified atom stereocenters. The lowest BCUT2D eigenvalue weighted by atomic mass is 10.2. The Labute approximate surface area is 200 Å². The highest BCUT2D eigenvalue weighted by Gasteiger charge is 2.29. The van der Waals surface area contributed by atoms with Gasteiger partial charge in [0, 0.05) is 25.8 Å². The number of ether oxygens (including phenoxy) is 2. The van der Waals surface area contributed by atoms with Gasteiger partial charge in [-0.05, 0) is 55.3 Å². The van der Waals surface area contributed by atoms with Gasteiger partial charge in [-0.1, -0.05) is 6.42 Å². The van der Waals surface area contributed by atoms with Crippen LogP contribution in [0.5, 0.6) is 11.5 Å². The number of sulfonamides is 2. The molecular formula is C22H29N3O7S2. The summed E-state index contributed by atoms with van der Waals surface area (Å²) in [4.78, 5) is 12.4. The number of amides is 1. The van der Waals surface area contributed by atoms with E-state index < -0.39 is 26.0 Å². The quantitative estimate of drug-likeness (QED) is 0.548. The Hall–Kier alpha value is -2.83. The van der Waals surface area contributed by atoms with Crippen molar-refractivity contribution in [1.82, 2.24) is 4.31 Å². The summed E-state index contributed by atoms with van der Waals surface area (Å²) in [6, 6.07) is 10.7. The second kappa shape index (κ2) is 10.6. The second-order valence-electron chi connectivity index (χ2n) is 7.89. The third-order valence-corrected chi connectivity index (χ3v) is 8.57. The molecule has 0 spiro atoms. The normalized spacial score (nSPS) is 14.9. The third-order valence-electron chi connectivity index (χ3n) is 5.45. The SMILES string of the molecule is COc1ccc(NC(=O)COc2ccc(N(C)S(C)(=O)=O)cc2)cc1S(=O)(=O)N1CCCCC1. The van der Waals surface area contributed by atoms with Crippen molar-refractivity contribution in [2.45, 2.75) is 24.2 Å².